The van der Waals surface area contributed by atoms with E-state index in [9.17, 15) is 13.6 Å². The van der Waals surface area contributed by atoms with Gasteiger partial charge in [0.2, 0.25) is 0 Å². The van der Waals surface area contributed by atoms with Crippen LogP contribution in [0.25, 0.3) is 0 Å². The summed E-state index contributed by atoms with van der Waals surface area (Å²) in [5.74, 6) is -0.0440. The van der Waals surface area contributed by atoms with E-state index in [1.807, 2.05) is 18.3 Å². The molecule has 1 aliphatic rings. The van der Waals surface area contributed by atoms with Gasteiger partial charge in [-0.1, -0.05) is 6.07 Å². The first-order chi connectivity index (χ1) is 12.1. The maximum Gasteiger partial charge on any atom is 0.387 e. The Hall–Kier alpha value is -2.54. The second-order valence-electron chi connectivity index (χ2n) is 5.83. The summed E-state index contributed by atoms with van der Waals surface area (Å²) in [6, 6.07) is 9.75. The molecule has 0 atom stereocenters. The summed E-state index contributed by atoms with van der Waals surface area (Å²) in [6.45, 7) is 0.785. The fourth-order valence-electron chi connectivity index (χ4n) is 2.82. The molecule has 2 aromatic rings. The van der Waals surface area contributed by atoms with E-state index in [0.717, 1.165) is 25.2 Å². The molecule has 0 spiro atoms. The van der Waals surface area contributed by atoms with E-state index < -0.39 is 6.61 Å². The molecule has 25 heavy (non-hydrogen) atoms. The van der Waals surface area contributed by atoms with Gasteiger partial charge in [-0.15, -0.1) is 0 Å². The zero-order valence-corrected chi connectivity index (χ0v) is 13.6. The molecule has 2 heterocycles. The van der Waals surface area contributed by atoms with Gasteiger partial charge in [-0.3, -0.25) is 14.7 Å². The third kappa shape index (κ3) is 4.73. The van der Waals surface area contributed by atoms with Crippen LogP contribution in [0.4, 0.5) is 8.78 Å². The van der Waals surface area contributed by atoms with Crippen molar-refractivity contribution in [2.45, 2.75) is 13.2 Å². The molecule has 0 N–H and O–H groups in total. The first-order valence-corrected chi connectivity index (χ1v) is 8.07. The van der Waals surface area contributed by atoms with E-state index >= 15 is 0 Å². The molecule has 1 aromatic heterocycles. The summed E-state index contributed by atoms with van der Waals surface area (Å²) < 4.78 is 28.6. The van der Waals surface area contributed by atoms with Crippen LogP contribution in [-0.4, -0.2) is 53.5 Å². The SMILES string of the molecule is O=C(c1ccc(OC(F)F)cc1)N1CCN(Cc2cccnc2)CC1. The molecule has 0 unspecified atom stereocenters. The van der Waals surface area contributed by atoms with Crippen LogP contribution in [0.15, 0.2) is 48.8 Å². The smallest absolute Gasteiger partial charge is 0.387 e. The first kappa shape index (κ1) is 17.3. The Morgan fingerprint density at radius 2 is 1.84 bits per heavy atom. The number of pyridine rings is 1. The maximum atomic E-state index is 12.5. The van der Waals surface area contributed by atoms with E-state index in [1.54, 1.807) is 11.1 Å². The summed E-state index contributed by atoms with van der Waals surface area (Å²) >= 11 is 0. The molecule has 5 nitrogen and oxygen atoms in total. The van der Waals surface area contributed by atoms with Crippen LogP contribution < -0.4 is 4.74 Å². The van der Waals surface area contributed by atoms with Gasteiger partial charge in [0, 0.05) is 50.7 Å². The van der Waals surface area contributed by atoms with Gasteiger partial charge in [-0.05, 0) is 35.9 Å². The van der Waals surface area contributed by atoms with Crippen LogP contribution in [0.1, 0.15) is 15.9 Å². The molecule has 1 fully saturated rings. The number of rotatable bonds is 5. The number of piperazine rings is 1. The highest BCUT2D eigenvalue weighted by Gasteiger charge is 2.22. The number of nitrogens with zero attached hydrogens (tertiary/aromatic N) is 3. The highest BCUT2D eigenvalue weighted by Crippen LogP contribution is 2.17. The molecule has 0 saturated carbocycles. The Labute approximate surface area is 144 Å². The number of aromatic nitrogens is 1. The predicted molar refractivity (Wildman–Crippen MR) is 88.5 cm³/mol. The van der Waals surface area contributed by atoms with Crippen molar-refractivity contribution in [3.63, 3.8) is 0 Å². The van der Waals surface area contributed by atoms with Crippen LogP contribution >= 0.6 is 0 Å². The number of halogens is 2. The van der Waals surface area contributed by atoms with Crippen LogP contribution in [0.2, 0.25) is 0 Å². The van der Waals surface area contributed by atoms with E-state index in [2.05, 4.69) is 14.6 Å². The normalized spacial score (nSPS) is 15.4. The predicted octanol–water partition coefficient (Wildman–Crippen LogP) is 2.64. The zero-order valence-electron chi connectivity index (χ0n) is 13.6. The number of benzene rings is 1. The van der Waals surface area contributed by atoms with Crippen LogP contribution in [0.3, 0.4) is 0 Å². The fourth-order valence-corrected chi connectivity index (χ4v) is 2.82. The first-order valence-electron chi connectivity index (χ1n) is 8.07. The third-order valence-electron chi connectivity index (χ3n) is 4.11. The standard InChI is InChI=1S/C18H19F2N3O2/c19-18(20)25-16-5-3-15(4-6-16)17(24)23-10-8-22(9-11-23)13-14-2-1-7-21-12-14/h1-7,12,18H,8-11,13H2. The fraction of sp³-hybridized carbons (Fsp3) is 0.333. The Morgan fingerprint density at radius 1 is 1.12 bits per heavy atom. The Bertz CT molecular complexity index is 687. The number of carbonyl (C=O) groups excluding carboxylic acids is 1. The summed E-state index contributed by atoms with van der Waals surface area (Å²) in [7, 11) is 0. The number of hydrogen-bond donors (Lipinski definition) is 0. The molecule has 0 radical (unpaired) electrons. The van der Waals surface area contributed by atoms with Gasteiger partial charge in [0.15, 0.2) is 0 Å². The molecule has 1 amide bonds. The van der Waals surface area contributed by atoms with Gasteiger partial charge in [0.05, 0.1) is 0 Å². The third-order valence-corrected chi connectivity index (χ3v) is 4.11. The van der Waals surface area contributed by atoms with Gasteiger partial charge < -0.3 is 9.64 Å². The lowest BCUT2D eigenvalue weighted by molar-refractivity contribution is -0.0498. The van der Waals surface area contributed by atoms with Gasteiger partial charge in [-0.25, -0.2) is 0 Å². The van der Waals surface area contributed by atoms with Crippen molar-refractivity contribution in [2.24, 2.45) is 0 Å². The highest BCUT2D eigenvalue weighted by molar-refractivity contribution is 5.94. The summed E-state index contributed by atoms with van der Waals surface area (Å²) in [5.41, 5.74) is 1.62. The number of hydrogen-bond acceptors (Lipinski definition) is 4. The summed E-state index contributed by atoms with van der Waals surface area (Å²) in [4.78, 5) is 20.7. The molecular weight excluding hydrogens is 328 g/mol. The molecule has 1 aliphatic heterocycles. The highest BCUT2D eigenvalue weighted by atomic mass is 19.3. The lowest BCUT2D eigenvalue weighted by Crippen LogP contribution is -2.48. The van der Waals surface area contributed by atoms with Crippen LogP contribution in [0, 0.1) is 0 Å². The Morgan fingerprint density at radius 3 is 2.44 bits per heavy atom. The van der Waals surface area contributed by atoms with Crippen molar-refractivity contribution in [2.75, 3.05) is 26.2 Å². The molecule has 1 aromatic carbocycles. The van der Waals surface area contributed by atoms with Crippen molar-refractivity contribution >= 4 is 5.91 Å². The van der Waals surface area contributed by atoms with E-state index in [1.165, 1.54) is 24.3 Å². The van der Waals surface area contributed by atoms with Gasteiger partial charge in [0.25, 0.3) is 5.91 Å². The van der Waals surface area contributed by atoms with Crippen molar-refractivity contribution in [3.8, 4) is 5.75 Å². The summed E-state index contributed by atoms with van der Waals surface area (Å²) in [6.07, 6.45) is 3.60. The number of amides is 1. The molecule has 1 saturated heterocycles. The Kier molecular flexibility index (Phi) is 5.55. The number of carbonyl (C=O) groups is 1. The van der Waals surface area contributed by atoms with Crippen molar-refractivity contribution in [3.05, 3.63) is 59.9 Å². The monoisotopic (exact) mass is 347 g/mol. The minimum absolute atomic E-state index is 0.0489. The molecule has 0 bridgehead atoms. The van der Waals surface area contributed by atoms with Crippen molar-refractivity contribution < 1.29 is 18.3 Å². The second-order valence-corrected chi connectivity index (χ2v) is 5.83. The number of alkyl halides is 2. The molecular formula is C18H19F2N3O2. The largest absolute Gasteiger partial charge is 0.435 e. The van der Waals surface area contributed by atoms with E-state index in [0.29, 0.717) is 18.7 Å². The molecule has 132 valence electrons. The Balaban J connectivity index is 1.52. The van der Waals surface area contributed by atoms with Gasteiger partial charge in [0.1, 0.15) is 5.75 Å². The second kappa shape index (κ2) is 8.02. The van der Waals surface area contributed by atoms with E-state index in [4.69, 9.17) is 0 Å². The van der Waals surface area contributed by atoms with Crippen LogP contribution in [-0.2, 0) is 6.54 Å². The van der Waals surface area contributed by atoms with Crippen LogP contribution in [0.5, 0.6) is 5.75 Å². The van der Waals surface area contributed by atoms with E-state index in [-0.39, 0.29) is 11.7 Å². The minimum Gasteiger partial charge on any atom is -0.435 e. The maximum absolute atomic E-state index is 12.5. The molecule has 0 aliphatic carbocycles. The molecule has 3 rings (SSSR count). The zero-order chi connectivity index (χ0) is 17.6. The summed E-state index contributed by atoms with van der Waals surface area (Å²) in [5, 5.41) is 0. The topological polar surface area (TPSA) is 45.7 Å². The molecule has 7 heteroatoms. The minimum atomic E-state index is -2.87. The average molecular weight is 347 g/mol. The average Bonchev–Trinajstić information content (AvgIpc) is 2.63. The number of ether oxygens (including phenoxy) is 1. The lowest BCUT2D eigenvalue weighted by Gasteiger charge is -2.34. The van der Waals surface area contributed by atoms with Gasteiger partial charge in [-0.2, -0.15) is 8.78 Å². The lowest BCUT2D eigenvalue weighted by atomic mass is 10.1. The van der Waals surface area contributed by atoms with Crippen molar-refractivity contribution in [1.29, 1.82) is 0 Å². The van der Waals surface area contributed by atoms with Crippen molar-refractivity contribution in [1.82, 2.24) is 14.8 Å². The van der Waals surface area contributed by atoms with Gasteiger partial charge >= 0.3 is 6.61 Å². The quantitative estimate of drug-likeness (QED) is 0.834.